The number of nitrogens with one attached hydrogen (secondary N) is 1. The van der Waals surface area contributed by atoms with E-state index < -0.39 is 35.2 Å². The van der Waals surface area contributed by atoms with Gasteiger partial charge in [0.25, 0.3) is 5.91 Å². The van der Waals surface area contributed by atoms with E-state index in [1.165, 1.54) is 16.7 Å². The van der Waals surface area contributed by atoms with Crippen LogP contribution >= 0.6 is 11.8 Å². The van der Waals surface area contributed by atoms with Gasteiger partial charge in [0.1, 0.15) is 23.2 Å². The molecule has 1 aromatic rings. The maximum atomic E-state index is 12.3. The van der Waals surface area contributed by atoms with Crippen molar-refractivity contribution in [1.29, 1.82) is 0 Å². The zero-order valence-corrected chi connectivity index (χ0v) is 17.9. The molecule has 2 heterocycles. The van der Waals surface area contributed by atoms with Gasteiger partial charge in [-0.3, -0.25) is 14.5 Å². The average molecular weight is 388 g/mol. The number of benzene rings is 1. The summed E-state index contributed by atoms with van der Waals surface area (Å²) in [6.07, 6.45) is 0. The Balaban J connectivity index is 0.00000169. The normalized spacial score (nSPS) is 23.1. The minimum atomic E-state index is -1.13. The molecule has 2 amide bonds. The number of nitrogens with zero attached hydrogens (tertiary/aromatic N) is 1. The van der Waals surface area contributed by atoms with Crippen LogP contribution < -0.4 is 62.4 Å². The largest absolute Gasteiger partial charge is 1.00 e. The molecule has 1 fully saturated rings. The van der Waals surface area contributed by atoms with Gasteiger partial charge in [-0.05, 0) is 18.1 Å². The molecule has 0 aliphatic carbocycles. The molecule has 0 unspecified atom stereocenters. The number of amides is 2. The van der Waals surface area contributed by atoms with Crippen LogP contribution in [0.3, 0.4) is 0 Å². The van der Waals surface area contributed by atoms with Crippen molar-refractivity contribution in [2.45, 2.75) is 24.4 Å². The second-order valence-electron chi connectivity index (χ2n) is 5.72. The van der Waals surface area contributed by atoms with Crippen LogP contribution in [0.1, 0.15) is 20.0 Å². The number of aliphatic carboxylic acids is 1. The maximum absolute atomic E-state index is 12.3. The fourth-order valence-corrected chi connectivity index (χ4v) is 4.12. The van der Waals surface area contributed by atoms with Gasteiger partial charge >= 0.3 is 57.4 Å². The van der Waals surface area contributed by atoms with Gasteiger partial charge in [-0.1, -0.05) is 30.3 Å². The van der Waals surface area contributed by atoms with Gasteiger partial charge in [0.05, 0.1) is 0 Å². The van der Waals surface area contributed by atoms with Crippen LogP contribution in [0.5, 0.6) is 0 Å². The molecule has 0 spiro atoms. The average Bonchev–Trinajstić information content (AvgIpc) is 2.59. The zero-order chi connectivity index (χ0) is 17.4. The van der Waals surface area contributed by atoms with E-state index in [4.69, 9.17) is 5.73 Å². The quantitative estimate of drug-likeness (QED) is 0.391. The molecule has 7 nitrogen and oxygen atoms in total. The van der Waals surface area contributed by atoms with Gasteiger partial charge < -0.3 is 17.6 Å². The van der Waals surface area contributed by atoms with E-state index >= 15 is 0 Å². The van der Waals surface area contributed by atoms with Gasteiger partial charge in [-0.25, -0.2) is 4.79 Å². The summed E-state index contributed by atoms with van der Waals surface area (Å²) in [5.41, 5.74) is 7.24. The SMILES string of the molecule is CC1=C(C(=O)O)N2C(=O)[C@@H](NC(=O)[C@H](N)c3ccccc3)[C@H]2SC1.[H-].[K+]. The number of nitrogens with two attached hydrogens (primary N) is 1. The molecule has 0 bridgehead atoms. The van der Waals surface area contributed by atoms with Crippen molar-refractivity contribution in [2.24, 2.45) is 5.73 Å². The Morgan fingerprint density at radius 3 is 2.64 bits per heavy atom. The molecular weight excluding hydrogens is 369 g/mol. The fraction of sp³-hybridized carbons (Fsp3) is 0.312. The smallest absolute Gasteiger partial charge is 1.00 e. The molecule has 3 rings (SSSR count). The summed E-state index contributed by atoms with van der Waals surface area (Å²) in [5, 5.41) is 11.5. The predicted octanol–water partition coefficient (Wildman–Crippen LogP) is -2.44. The maximum Gasteiger partial charge on any atom is 1.00 e. The molecule has 1 saturated heterocycles. The van der Waals surface area contributed by atoms with Crippen molar-refractivity contribution in [3.63, 3.8) is 0 Å². The Labute approximate surface area is 193 Å². The van der Waals surface area contributed by atoms with Crippen LogP contribution in [0.4, 0.5) is 0 Å². The molecule has 3 atom stereocenters. The Kier molecular flexibility index (Phi) is 6.88. The zero-order valence-electron chi connectivity index (χ0n) is 14.9. The van der Waals surface area contributed by atoms with E-state index in [-0.39, 0.29) is 58.5 Å². The summed E-state index contributed by atoms with van der Waals surface area (Å²) >= 11 is 1.43. The molecule has 25 heavy (non-hydrogen) atoms. The number of thioether (sulfide) groups is 1. The first-order valence-electron chi connectivity index (χ1n) is 7.40. The van der Waals surface area contributed by atoms with Gasteiger partial charge in [0, 0.05) is 5.75 Å². The Bertz CT molecular complexity index is 746. The third-order valence-electron chi connectivity index (χ3n) is 4.10. The van der Waals surface area contributed by atoms with Crippen LogP contribution in [0, 0.1) is 0 Å². The number of carbonyl (C=O) groups excluding carboxylic acids is 2. The first-order chi connectivity index (χ1) is 11.4. The van der Waals surface area contributed by atoms with E-state index in [2.05, 4.69) is 5.32 Å². The van der Waals surface area contributed by atoms with Crippen molar-refractivity contribution in [3.8, 4) is 0 Å². The van der Waals surface area contributed by atoms with Crippen LogP contribution in [-0.4, -0.2) is 45.0 Å². The van der Waals surface area contributed by atoms with E-state index in [0.717, 1.165) is 0 Å². The number of fused-ring (bicyclic) bond motifs is 1. The topological polar surface area (TPSA) is 113 Å². The summed E-state index contributed by atoms with van der Waals surface area (Å²) in [7, 11) is 0. The van der Waals surface area contributed by atoms with E-state index in [9.17, 15) is 19.5 Å². The van der Waals surface area contributed by atoms with Crippen molar-refractivity contribution < 1.29 is 72.3 Å². The van der Waals surface area contributed by atoms with Crippen molar-refractivity contribution in [3.05, 3.63) is 47.2 Å². The third-order valence-corrected chi connectivity index (χ3v) is 5.52. The number of hydrogen-bond acceptors (Lipinski definition) is 5. The number of carbonyl (C=O) groups is 3. The summed E-state index contributed by atoms with van der Waals surface area (Å²) in [4.78, 5) is 37.2. The Hall–Kier alpha value is -0.684. The number of β-lactam (4-membered cyclic amide) rings is 1. The molecule has 2 aliphatic rings. The monoisotopic (exact) mass is 387 g/mol. The number of hydrogen-bond donors (Lipinski definition) is 3. The minimum Gasteiger partial charge on any atom is -1.00 e. The second kappa shape index (κ2) is 8.34. The molecule has 2 aliphatic heterocycles. The molecule has 0 saturated carbocycles. The molecule has 0 aromatic heterocycles. The van der Waals surface area contributed by atoms with Gasteiger partial charge in [-0.15, -0.1) is 11.8 Å². The second-order valence-corrected chi connectivity index (χ2v) is 6.82. The third kappa shape index (κ3) is 3.87. The summed E-state index contributed by atoms with van der Waals surface area (Å²) in [6, 6.07) is 7.23. The molecule has 4 N–H and O–H groups in total. The first kappa shape index (κ1) is 20.6. The van der Waals surface area contributed by atoms with Crippen LogP contribution in [0.25, 0.3) is 0 Å². The van der Waals surface area contributed by atoms with Crippen molar-refractivity contribution >= 4 is 29.5 Å². The number of carboxylic acids is 1. The summed E-state index contributed by atoms with van der Waals surface area (Å²) < 4.78 is 0. The van der Waals surface area contributed by atoms with Gasteiger partial charge in [-0.2, -0.15) is 0 Å². The molecule has 9 heteroatoms. The first-order valence-corrected chi connectivity index (χ1v) is 8.45. The van der Waals surface area contributed by atoms with E-state index in [0.29, 0.717) is 16.9 Å². The molecule has 128 valence electrons. The molecule has 0 radical (unpaired) electrons. The Morgan fingerprint density at radius 1 is 1.40 bits per heavy atom. The Morgan fingerprint density at radius 2 is 2.04 bits per heavy atom. The minimum absolute atomic E-state index is 0. The summed E-state index contributed by atoms with van der Waals surface area (Å²) in [5.74, 6) is -1.50. The number of rotatable bonds is 4. The van der Waals surface area contributed by atoms with Gasteiger partial charge in [0.15, 0.2) is 0 Å². The van der Waals surface area contributed by atoms with Crippen molar-refractivity contribution in [1.82, 2.24) is 10.2 Å². The van der Waals surface area contributed by atoms with Crippen LogP contribution in [-0.2, 0) is 14.4 Å². The number of carboxylic acid groups (broad SMARTS) is 1. The molecular formula is C16H18KN3O4S. The molecule has 1 aromatic carbocycles. The van der Waals surface area contributed by atoms with Gasteiger partial charge in [0.2, 0.25) is 5.91 Å². The predicted molar refractivity (Wildman–Crippen MR) is 89.8 cm³/mol. The standard InChI is InChI=1S/C16H17N3O4S.K.H/c1-8-7-24-15-11(14(21)19(15)12(8)16(22)23)18-13(20)10(17)9-5-3-2-4-6-9;;/h2-6,10-11,15H,7,17H2,1H3,(H,18,20)(H,22,23);;/q;+1;-1/t10-,11-,15-;;/m1../s1. The van der Waals surface area contributed by atoms with Crippen LogP contribution in [0.15, 0.2) is 41.6 Å². The van der Waals surface area contributed by atoms with Crippen LogP contribution in [0.2, 0.25) is 0 Å². The van der Waals surface area contributed by atoms with E-state index in [1.807, 2.05) is 6.07 Å². The van der Waals surface area contributed by atoms with E-state index in [1.54, 1.807) is 31.2 Å². The summed E-state index contributed by atoms with van der Waals surface area (Å²) in [6.45, 7) is 1.69. The van der Waals surface area contributed by atoms with Crippen molar-refractivity contribution in [2.75, 3.05) is 5.75 Å². The fourth-order valence-electron chi connectivity index (χ4n) is 2.83.